The SMILES string of the molecule is C=C(C)C1CC(C)C1(C)C(C)C. The Morgan fingerprint density at radius 3 is 2.17 bits per heavy atom. The van der Waals surface area contributed by atoms with Gasteiger partial charge in [0.25, 0.3) is 0 Å². The van der Waals surface area contributed by atoms with Crippen molar-refractivity contribution >= 4 is 0 Å². The van der Waals surface area contributed by atoms with E-state index in [1.165, 1.54) is 12.0 Å². The van der Waals surface area contributed by atoms with E-state index in [4.69, 9.17) is 0 Å². The molecule has 0 bridgehead atoms. The molecule has 0 aromatic heterocycles. The fourth-order valence-electron chi connectivity index (χ4n) is 2.75. The van der Waals surface area contributed by atoms with Crippen molar-refractivity contribution < 1.29 is 0 Å². The van der Waals surface area contributed by atoms with Crippen molar-refractivity contribution in [3.63, 3.8) is 0 Å². The minimum atomic E-state index is 0.520. The van der Waals surface area contributed by atoms with E-state index in [2.05, 4.69) is 41.2 Å². The van der Waals surface area contributed by atoms with Crippen LogP contribution in [0, 0.1) is 23.2 Å². The van der Waals surface area contributed by atoms with Gasteiger partial charge in [0.1, 0.15) is 0 Å². The topological polar surface area (TPSA) is 0 Å². The van der Waals surface area contributed by atoms with Gasteiger partial charge in [-0.2, -0.15) is 0 Å². The Hall–Kier alpha value is -0.260. The van der Waals surface area contributed by atoms with E-state index in [1.54, 1.807) is 0 Å². The van der Waals surface area contributed by atoms with Gasteiger partial charge in [-0.25, -0.2) is 0 Å². The second kappa shape index (κ2) is 2.90. The normalized spacial score (nSPS) is 41.2. The molecule has 12 heavy (non-hydrogen) atoms. The van der Waals surface area contributed by atoms with Crippen molar-refractivity contribution in [3.8, 4) is 0 Å². The van der Waals surface area contributed by atoms with Crippen LogP contribution in [0.15, 0.2) is 12.2 Å². The molecule has 1 fully saturated rings. The quantitative estimate of drug-likeness (QED) is 0.546. The van der Waals surface area contributed by atoms with Crippen LogP contribution in [0.2, 0.25) is 0 Å². The van der Waals surface area contributed by atoms with Crippen molar-refractivity contribution in [2.75, 3.05) is 0 Å². The second-order valence-electron chi connectivity index (χ2n) is 5.06. The summed E-state index contributed by atoms with van der Waals surface area (Å²) >= 11 is 0. The third-order valence-electron chi connectivity index (χ3n) is 4.24. The highest BCUT2D eigenvalue weighted by Crippen LogP contribution is 2.58. The van der Waals surface area contributed by atoms with Gasteiger partial charge >= 0.3 is 0 Å². The maximum Gasteiger partial charge on any atom is -0.0147 e. The lowest BCUT2D eigenvalue weighted by Crippen LogP contribution is -2.49. The molecule has 0 aromatic rings. The van der Waals surface area contributed by atoms with Crippen LogP contribution in [0.25, 0.3) is 0 Å². The molecule has 0 spiro atoms. The molecule has 1 aliphatic rings. The van der Waals surface area contributed by atoms with Crippen molar-refractivity contribution in [2.45, 2.75) is 41.0 Å². The van der Waals surface area contributed by atoms with Crippen LogP contribution in [0.1, 0.15) is 41.0 Å². The number of rotatable bonds is 2. The minimum Gasteiger partial charge on any atom is -0.0998 e. The highest BCUT2D eigenvalue weighted by Gasteiger charge is 2.50. The molecule has 0 heteroatoms. The van der Waals surface area contributed by atoms with Gasteiger partial charge in [0.05, 0.1) is 0 Å². The van der Waals surface area contributed by atoms with E-state index < -0.39 is 0 Å². The average Bonchev–Trinajstić information content (AvgIpc) is 1.97. The van der Waals surface area contributed by atoms with Gasteiger partial charge < -0.3 is 0 Å². The highest BCUT2D eigenvalue weighted by atomic mass is 14.5. The lowest BCUT2D eigenvalue weighted by Gasteiger charge is -2.56. The monoisotopic (exact) mass is 166 g/mol. The molecule has 0 aliphatic heterocycles. The molecular weight excluding hydrogens is 144 g/mol. The molecule has 1 saturated carbocycles. The smallest absolute Gasteiger partial charge is 0.0147 e. The molecule has 0 heterocycles. The number of allylic oxidation sites excluding steroid dienone is 1. The second-order valence-corrected chi connectivity index (χ2v) is 5.06. The Kier molecular flexibility index (Phi) is 2.38. The summed E-state index contributed by atoms with van der Waals surface area (Å²) in [6.07, 6.45) is 1.35. The maximum atomic E-state index is 4.09. The first-order valence-corrected chi connectivity index (χ1v) is 5.06. The predicted octanol–water partition coefficient (Wildman–Crippen LogP) is 3.88. The lowest BCUT2D eigenvalue weighted by atomic mass is 9.48. The van der Waals surface area contributed by atoms with Gasteiger partial charge in [0.2, 0.25) is 0 Å². The molecule has 0 radical (unpaired) electrons. The molecule has 0 aromatic carbocycles. The van der Waals surface area contributed by atoms with Gasteiger partial charge in [0.15, 0.2) is 0 Å². The number of hydrogen-bond donors (Lipinski definition) is 0. The van der Waals surface area contributed by atoms with Gasteiger partial charge in [-0.15, -0.1) is 0 Å². The summed E-state index contributed by atoms with van der Waals surface area (Å²) in [7, 11) is 0. The summed E-state index contributed by atoms with van der Waals surface area (Å²) in [6, 6.07) is 0. The van der Waals surface area contributed by atoms with Crippen LogP contribution in [-0.4, -0.2) is 0 Å². The summed E-state index contributed by atoms with van der Waals surface area (Å²) in [5.74, 6) is 2.43. The molecular formula is C12H22. The van der Waals surface area contributed by atoms with Crippen LogP contribution in [-0.2, 0) is 0 Å². The van der Waals surface area contributed by atoms with Crippen LogP contribution < -0.4 is 0 Å². The Bertz CT molecular complexity index is 183. The minimum absolute atomic E-state index is 0.520. The van der Waals surface area contributed by atoms with E-state index in [-0.39, 0.29) is 0 Å². The van der Waals surface area contributed by atoms with Gasteiger partial charge in [-0.05, 0) is 36.5 Å². The first kappa shape index (κ1) is 9.83. The Morgan fingerprint density at radius 1 is 1.50 bits per heavy atom. The molecule has 1 rings (SSSR count). The van der Waals surface area contributed by atoms with Gasteiger partial charge in [0, 0.05) is 0 Å². The van der Waals surface area contributed by atoms with Crippen LogP contribution in [0.3, 0.4) is 0 Å². The van der Waals surface area contributed by atoms with Crippen LogP contribution in [0.4, 0.5) is 0 Å². The van der Waals surface area contributed by atoms with Crippen LogP contribution in [0.5, 0.6) is 0 Å². The summed E-state index contributed by atoms with van der Waals surface area (Å²) in [5.41, 5.74) is 1.90. The fraction of sp³-hybridized carbons (Fsp3) is 0.833. The Labute approximate surface area is 77.1 Å². The zero-order valence-corrected chi connectivity index (χ0v) is 9.15. The first-order valence-electron chi connectivity index (χ1n) is 5.06. The summed E-state index contributed by atoms with van der Waals surface area (Å²) < 4.78 is 0. The highest BCUT2D eigenvalue weighted by molar-refractivity contribution is 5.13. The van der Waals surface area contributed by atoms with Crippen molar-refractivity contribution in [1.29, 1.82) is 0 Å². The van der Waals surface area contributed by atoms with Gasteiger partial charge in [-0.3, -0.25) is 0 Å². The van der Waals surface area contributed by atoms with Crippen molar-refractivity contribution in [1.82, 2.24) is 0 Å². The maximum absolute atomic E-state index is 4.09. The molecule has 0 saturated heterocycles. The predicted molar refractivity (Wildman–Crippen MR) is 55.0 cm³/mol. The Morgan fingerprint density at radius 2 is 2.00 bits per heavy atom. The van der Waals surface area contributed by atoms with E-state index in [0.29, 0.717) is 5.41 Å². The number of hydrogen-bond acceptors (Lipinski definition) is 0. The fourth-order valence-corrected chi connectivity index (χ4v) is 2.75. The van der Waals surface area contributed by atoms with Crippen molar-refractivity contribution in [3.05, 3.63) is 12.2 Å². The average molecular weight is 166 g/mol. The Balaban J connectivity index is 2.79. The van der Waals surface area contributed by atoms with E-state index in [0.717, 1.165) is 17.8 Å². The zero-order chi connectivity index (χ0) is 9.52. The third-order valence-corrected chi connectivity index (χ3v) is 4.24. The third kappa shape index (κ3) is 1.12. The molecule has 70 valence electrons. The molecule has 3 unspecified atom stereocenters. The van der Waals surface area contributed by atoms with Gasteiger partial charge in [-0.1, -0.05) is 39.8 Å². The molecule has 0 N–H and O–H groups in total. The molecule has 0 amide bonds. The van der Waals surface area contributed by atoms with Crippen molar-refractivity contribution in [2.24, 2.45) is 23.2 Å². The molecule has 1 aliphatic carbocycles. The lowest BCUT2D eigenvalue weighted by molar-refractivity contribution is -0.0458. The largest absolute Gasteiger partial charge is 0.0998 e. The van der Waals surface area contributed by atoms with E-state index in [1.807, 2.05) is 0 Å². The molecule has 0 nitrogen and oxygen atoms in total. The zero-order valence-electron chi connectivity index (χ0n) is 9.15. The summed E-state index contributed by atoms with van der Waals surface area (Å²) in [5, 5.41) is 0. The van der Waals surface area contributed by atoms with E-state index >= 15 is 0 Å². The summed E-state index contributed by atoms with van der Waals surface area (Å²) in [6.45, 7) is 15.7. The van der Waals surface area contributed by atoms with Crippen LogP contribution >= 0.6 is 0 Å². The first-order chi connectivity index (χ1) is 5.40. The molecule has 3 atom stereocenters. The standard InChI is InChI=1S/C12H22/c1-8(2)11-7-10(5)12(11,6)9(3)4/h9-11H,1,7H2,2-6H3. The summed E-state index contributed by atoms with van der Waals surface area (Å²) in [4.78, 5) is 0. The van der Waals surface area contributed by atoms with E-state index in [9.17, 15) is 0 Å².